The van der Waals surface area contributed by atoms with E-state index in [0.717, 1.165) is 32.2 Å². The first-order valence-corrected chi connectivity index (χ1v) is 10.8. The molecule has 1 amide bonds. The molecule has 25 heavy (non-hydrogen) atoms. The molecule has 1 spiro atoms. The van der Waals surface area contributed by atoms with Gasteiger partial charge >= 0.3 is 0 Å². The van der Waals surface area contributed by atoms with Crippen molar-refractivity contribution >= 4 is 27.5 Å². The van der Waals surface area contributed by atoms with Gasteiger partial charge in [-0.05, 0) is 63.1 Å². The highest BCUT2D eigenvalue weighted by Gasteiger charge is 2.57. The first-order valence-electron chi connectivity index (χ1n) is 8.97. The fraction of sp³-hybridized carbons (Fsp3) is 0.611. The van der Waals surface area contributed by atoms with Crippen LogP contribution in [0.2, 0.25) is 5.02 Å². The summed E-state index contributed by atoms with van der Waals surface area (Å²) in [6.45, 7) is 2.88. The summed E-state index contributed by atoms with van der Waals surface area (Å²) in [5, 5.41) is 0.434. The van der Waals surface area contributed by atoms with Crippen molar-refractivity contribution in [1.82, 2.24) is 9.21 Å². The van der Waals surface area contributed by atoms with Crippen LogP contribution in [0.25, 0.3) is 0 Å². The van der Waals surface area contributed by atoms with Crippen molar-refractivity contribution in [2.75, 3.05) is 13.1 Å². The number of benzene rings is 1. The molecule has 2 saturated heterocycles. The summed E-state index contributed by atoms with van der Waals surface area (Å²) in [4.78, 5) is 15.4. The van der Waals surface area contributed by atoms with Crippen LogP contribution in [0.4, 0.5) is 0 Å². The van der Waals surface area contributed by atoms with Crippen molar-refractivity contribution in [2.45, 2.75) is 61.9 Å². The van der Waals surface area contributed by atoms with Gasteiger partial charge in [-0.15, -0.1) is 0 Å². The zero-order valence-corrected chi connectivity index (χ0v) is 15.9. The SMILES string of the molecule is Cc1c(Cl)cccc1S(=O)(=O)N1CCCC12CCCN(C1CC1)C2=O. The molecular weight excluding hydrogens is 360 g/mol. The van der Waals surface area contributed by atoms with Crippen LogP contribution in [-0.2, 0) is 14.8 Å². The molecule has 0 bridgehead atoms. The molecule has 1 saturated carbocycles. The Kier molecular flexibility index (Phi) is 4.13. The summed E-state index contributed by atoms with van der Waals surface area (Å²) in [6.07, 6.45) is 4.91. The lowest BCUT2D eigenvalue weighted by Gasteiger charge is -2.44. The van der Waals surface area contributed by atoms with Crippen molar-refractivity contribution in [2.24, 2.45) is 0 Å². The van der Waals surface area contributed by atoms with Crippen molar-refractivity contribution in [3.8, 4) is 0 Å². The van der Waals surface area contributed by atoms with E-state index < -0.39 is 15.6 Å². The standard InChI is InChI=1S/C18H23ClN2O3S/c1-13-15(19)5-2-6-16(13)25(23,24)21-12-4-10-18(21)9-3-11-20(17(18)22)14-7-8-14/h2,5-6,14H,3-4,7-12H2,1H3. The second-order valence-corrected chi connectivity index (χ2v) is 9.65. The average molecular weight is 383 g/mol. The third-order valence-corrected chi connectivity index (χ3v) is 8.37. The second kappa shape index (κ2) is 5.96. The molecule has 4 rings (SSSR count). The molecule has 1 aromatic rings. The van der Waals surface area contributed by atoms with Gasteiger partial charge in [-0.2, -0.15) is 4.31 Å². The van der Waals surface area contributed by atoms with Crippen LogP contribution in [-0.4, -0.2) is 48.2 Å². The number of rotatable bonds is 3. The highest BCUT2D eigenvalue weighted by atomic mass is 35.5. The third-order valence-electron chi connectivity index (χ3n) is 5.85. The zero-order chi connectivity index (χ0) is 17.8. The van der Waals surface area contributed by atoms with Gasteiger partial charge in [0.25, 0.3) is 0 Å². The molecule has 3 fully saturated rings. The van der Waals surface area contributed by atoms with E-state index in [9.17, 15) is 13.2 Å². The summed E-state index contributed by atoms with van der Waals surface area (Å²) in [6, 6.07) is 5.26. The van der Waals surface area contributed by atoms with Gasteiger partial charge in [-0.25, -0.2) is 8.42 Å². The Morgan fingerprint density at radius 3 is 2.52 bits per heavy atom. The van der Waals surface area contributed by atoms with E-state index in [4.69, 9.17) is 11.6 Å². The van der Waals surface area contributed by atoms with Gasteiger partial charge < -0.3 is 4.90 Å². The number of hydrogen-bond acceptors (Lipinski definition) is 3. The average Bonchev–Trinajstić information content (AvgIpc) is 3.32. The molecule has 7 heteroatoms. The van der Waals surface area contributed by atoms with Gasteiger partial charge in [-0.1, -0.05) is 17.7 Å². The molecule has 136 valence electrons. The Bertz CT molecular complexity index is 822. The smallest absolute Gasteiger partial charge is 0.244 e. The number of carbonyl (C=O) groups excluding carboxylic acids is 1. The molecule has 0 radical (unpaired) electrons. The molecule has 2 aliphatic heterocycles. The molecular formula is C18H23ClN2O3S. The summed E-state index contributed by atoms with van der Waals surface area (Å²) in [5.41, 5.74) is -0.345. The number of likely N-dealkylation sites (tertiary alicyclic amines) is 1. The number of hydrogen-bond donors (Lipinski definition) is 0. The van der Waals surface area contributed by atoms with E-state index in [2.05, 4.69) is 0 Å². The largest absolute Gasteiger partial charge is 0.338 e. The highest BCUT2D eigenvalue weighted by Crippen LogP contribution is 2.44. The summed E-state index contributed by atoms with van der Waals surface area (Å²) in [7, 11) is -3.76. The van der Waals surface area contributed by atoms with Crippen LogP contribution in [0, 0.1) is 6.92 Å². The minimum absolute atomic E-state index is 0.0157. The molecule has 0 N–H and O–H groups in total. The highest BCUT2D eigenvalue weighted by molar-refractivity contribution is 7.89. The first-order chi connectivity index (χ1) is 11.9. The maximum Gasteiger partial charge on any atom is 0.244 e. The zero-order valence-electron chi connectivity index (χ0n) is 14.4. The van der Waals surface area contributed by atoms with E-state index in [-0.39, 0.29) is 10.8 Å². The molecule has 0 aromatic heterocycles. The first kappa shape index (κ1) is 17.3. The third kappa shape index (κ3) is 2.61. The maximum atomic E-state index is 13.4. The molecule has 1 aliphatic carbocycles. The van der Waals surface area contributed by atoms with Gasteiger partial charge in [0.1, 0.15) is 5.54 Å². The van der Waals surface area contributed by atoms with Gasteiger partial charge in [0.15, 0.2) is 0 Å². The fourth-order valence-corrected chi connectivity index (χ4v) is 6.71. The normalized spacial score (nSPS) is 28.1. The topological polar surface area (TPSA) is 57.7 Å². The van der Waals surface area contributed by atoms with E-state index in [1.165, 1.54) is 4.31 Å². The molecule has 3 aliphatic rings. The monoisotopic (exact) mass is 382 g/mol. The van der Waals surface area contributed by atoms with Crippen molar-refractivity contribution in [3.05, 3.63) is 28.8 Å². The Morgan fingerprint density at radius 2 is 1.84 bits per heavy atom. The summed E-state index contributed by atoms with van der Waals surface area (Å²) in [5.74, 6) is 0.0157. The minimum Gasteiger partial charge on any atom is -0.338 e. The van der Waals surface area contributed by atoms with E-state index in [0.29, 0.717) is 36.0 Å². The fourth-order valence-electron chi connectivity index (χ4n) is 4.41. The Morgan fingerprint density at radius 1 is 1.16 bits per heavy atom. The van der Waals surface area contributed by atoms with Crippen LogP contribution in [0.3, 0.4) is 0 Å². The van der Waals surface area contributed by atoms with Crippen molar-refractivity contribution < 1.29 is 13.2 Å². The van der Waals surface area contributed by atoms with Crippen LogP contribution in [0.15, 0.2) is 23.1 Å². The van der Waals surface area contributed by atoms with Crippen LogP contribution >= 0.6 is 11.6 Å². The molecule has 5 nitrogen and oxygen atoms in total. The van der Waals surface area contributed by atoms with Crippen molar-refractivity contribution in [3.63, 3.8) is 0 Å². The maximum absolute atomic E-state index is 13.4. The number of halogens is 1. The van der Waals surface area contributed by atoms with Gasteiger partial charge in [0.2, 0.25) is 15.9 Å². The Hall–Kier alpha value is -1.11. The second-order valence-electron chi connectivity index (χ2n) is 7.41. The Labute approximate surface area is 154 Å². The lowest BCUT2D eigenvalue weighted by atomic mass is 9.86. The predicted octanol–water partition coefficient (Wildman–Crippen LogP) is 2.96. The number of amides is 1. The predicted molar refractivity (Wildman–Crippen MR) is 96.0 cm³/mol. The van der Waals surface area contributed by atoms with Gasteiger partial charge in [-0.3, -0.25) is 4.79 Å². The minimum atomic E-state index is -3.76. The quantitative estimate of drug-likeness (QED) is 0.807. The van der Waals surface area contributed by atoms with Gasteiger partial charge in [0, 0.05) is 24.2 Å². The van der Waals surface area contributed by atoms with E-state index in [1.807, 2.05) is 4.90 Å². The van der Waals surface area contributed by atoms with Crippen molar-refractivity contribution in [1.29, 1.82) is 0 Å². The lowest BCUT2D eigenvalue weighted by Crippen LogP contribution is -2.61. The van der Waals surface area contributed by atoms with Crippen LogP contribution in [0.5, 0.6) is 0 Å². The number of sulfonamides is 1. The Balaban J connectivity index is 1.76. The lowest BCUT2D eigenvalue weighted by molar-refractivity contribution is -0.145. The van der Waals surface area contributed by atoms with Crippen LogP contribution < -0.4 is 0 Å². The molecule has 1 aromatic carbocycles. The molecule has 1 unspecified atom stereocenters. The number of carbonyl (C=O) groups is 1. The molecule has 2 heterocycles. The number of nitrogens with zero attached hydrogens (tertiary/aromatic N) is 2. The molecule has 1 atom stereocenters. The van der Waals surface area contributed by atoms with Crippen LogP contribution in [0.1, 0.15) is 44.1 Å². The van der Waals surface area contributed by atoms with E-state index in [1.54, 1.807) is 25.1 Å². The van der Waals surface area contributed by atoms with Gasteiger partial charge in [0.05, 0.1) is 4.90 Å². The summed E-state index contributed by atoms with van der Waals surface area (Å²) < 4.78 is 28.3. The summed E-state index contributed by atoms with van der Waals surface area (Å²) >= 11 is 6.15. The van der Waals surface area contributed by atoms with E-state index >= 15 is 0 Å². The number of piperidine rings is 1.